The average Bonchev–Trinajstić information content (AvgIpc) is 3.31. The second kappa shape index (κ2) is 8.64. The van der Waals surface area contributed by atoms with E-state index in [9.17, 15) is 17.2 Å². The molecule has 0 radical (unpaired) electrons. The van der Waals surface area contributed by atoms with Crippen molar-refractivity contribution in [2.45, 2.75) is 10.8 Å². The Bertz CT molecular complexity index is 1180. The van der Waals surface area contributed by atoms with E-state index in [1.807, 2.05) is 0 Å². The van der Waals surface area contributed by atoms with E-state index in [1.54, 1.807) is 17.0 Å². The highest BCUT2D eigenvalue weighted by atomic mass is 35.5. The summed E-state index contributed by atoms with van der Waals surface area (Å²) in [7, 11) is -2.20. The molecule has 1 aliphatic heterocycles. The Labute approximate surface area is 188 Å². The zero-order chi connectivity index (χ0) is 22.9. The van der Waals surface area contributed by atoms with Crippen LogP contribution in [0.15, 0.2) is 57.9 Å². The highest BCUT2D eigenvalue weighted by molar-refractivity contribution is 7.89. The van der Waals surface area contributed by atoms with Crippen molar-refractivity contribution < 1.29 is 26.5 Å². The van der Waals surface area contributed by atoms with Crippen LogP contribution in [0.4, 0.5) is 14.8 Å². The summed E-state index contributed by atoms with van der Waals surface area (Å²) in [6.07, 6.45) is 0. The van der Waals surface area contributed by atoms with Gasteiger partial charge in [0.15, 0.2) is 0 Å². The van der Waals surface area contributed by atoms with Crippen LogP contribution >= 0.6 is 11.6 Å². The minimum atomic E-state index is -3.70. The van der Waals surface area contributed by atoms with Crippen LogP contribution in [-0.2, 0) is 15.9 Å². The van der Waals surface area contributed by atoms with Gasteiger partial charge in [-0.05, 0) is 36.4 Å². The standard InChI is InChI=1S/C20H19ClF2N4O4S/c1-30-16-6-8-17(9-7-16)32(28,29)27-12-10-26(11-13-27)19-24-18(25-31-19)20(22,23)14-2-4-15(21)5-3-14/h2-9H,10-13H2,1H3. The molecular formula is C20H19ClF2N4O4S. The number of methoxy groups -OCH3 is 1. The Morgan fingerprint density at radius 2 is 1.66 bits per heavy atom. The normalized spacial score (nSPS) is 15.7. The summed E-state index contributed by atoms with van der Waals surface area (Å²) in [5.41, 5.74) is -0.315. The summed E-state index contributed by atoms with van der Waals surface area (Å²) in [6.45, 7) is 0.701. The van der Waals surface area contributed by atoms with Crippen molar-refractivity contribution in [1.82, 2.24) is 14.4 Å². The maximum absolute atomic E-state index is 14.7. The highest BCUT2D eigenvalue weighted by Gasteiger charge is 2.40. The fraction of sp³-hybridized carbons (Fsp3) is 0.300. The molecule has 0 saturated carbocycles. The molecule has 0 aliphatic carbocycles. The summed E-state index contributed by atoms with van der Waals surface area (Å²) in [5.74, 6) is -3.69. The highest BCUT2D eigenvalue weighted by Crippen LogP contribution is 2.35. The first-order chi connectivity index (χ1) is 15.2. The Balaban J connectivity index is 1.44. The molecule has 12 heteroatoms. The molecule has 2 heterocycles. The lowest BCUT2D eigenvalue weighted by atomic mass is 10.1. The number of aromatic nitrogens is 2. The van der Waals surface area contributed by atoms with Crippen LogP contribution in [0.5, 0.6) is 5.75 Å². The van der Waals surface area contributed by atoms with Crippen LogP contribution in [0.3, 0.4) is 0 Å². The van der Waals surface area contributed by atoms with Crippen LogP contribution in [-0.4, -0.2) is 56.2 Å². The molecule has 0 bridgehead atoms. The molecule has 32 heavy (non-hydrogen) atoms. The molecular weight excluding hydrogens is 466 g/mol. The molecule has 0 spiro atoms. The van der Waals surface area contributed by atoms with Gasteiger partial charge < -0.3 is 14.2 Å². The average molecular weight is 485 g/mol. The van der Waals surface area contributed by atoms with Crippen LogP contribution in [0.2, 0.25) is 5.02 Å². The van der Waals surface area contributed by atoms with Crippen molar-refractivity contribution >= 4 is 27.6 Å². The van der Waals surface area contributed by atoms with E-state index in [0.717, 1.165) is 0 Å². The summed E-state index contributed by atoms with van der Waals surface area (Å²) in [6, 6.07) is 11.1. The van der Waals surface area contributed by atoms with Gasteiger partial charge in [0.2, 0.25) is 15.8 Å². The Morgan fingerprint density at radius 3 is 2.25 bits per heavy atom. The van der Waals surface area contributed by atoms with Crippen molar-refractivity contribution in [3.8, 4) is 5.75 Å². The lowest BCUT2D eigenvalue weighted by molar-refractivity contribution is 0.0304. The number of nitrogens with zero attached hydrogens (tertiary/aromatic N) is 4. The summed E-state index contributed by atoms with van der Waals surface area (Å²) < 4.78 is 66.6. The van der Waals surface area contributed by atoms with Crippen LogP contribution < -0.4 is 9.64 Å². The van der Waals surface area contributed by atoms with Crippen LogP contribution in [0.1, 0.15) is 11.4 Å². The van der Waals surface area contributed by atoms with Gasteiger partial charge in [-0.1, -0.05) is 28.9 Å². The molecule has 3 aromatic rings. The van der Waals surface area contributed by atoms with Gasteiger partial charge >= 0.3 is 11.9 Å². The fourth-order valence-electron chi connectivity index (χ4n) is 3.28. The second-order valence-electron chi connectivity index (χ2n) is 7.05. The fourth-order valence-corrected chi connectivity index (χ4v) is 4.82. The minimum absolute atomic E-state index is 0.0878. The molecule has 0 amide bonds. The monoisotopic (exact) mass is 484 g/mol. The van der Waals surface area contributed by atoms with Gasteiger partial charge in [-0.25, -0.2) is 8.42 Å². The Hall–Kier alpha value is -2.76. The van der Waals surface area contributed by atoms with Crippen molar-refractivity contribution in [1.29, 1.82) is 0 Å². The van der Waals surface area contributed by atoms with E-state index in [-0.39, 0.29) is 42.7 Å². The summed E-state index contributed by atoms with van der Waals surface area (Å²) in [5, 5.41) is 3.77. The van der Waals surface area contributed by atoms with Gasteiger partial charge in [-0.2, -0.15) is 18.1 Å². The molecule has 0 atom stereocenters. The van der Waals surface area contributed by atoms with Crippen molar-refractivity contribution in [2.75, 3.05) is 38.2 Å². The number of halogens is 3. The predicted octanol–water partition coefficient (Wildman–Crippen LogP) is 3.38. The quantitative estimate of drug-likeness (QED) is 0.530. The third-order valence-electron chi connectivity index (χ3n) is 5.11. The van der Waals surface area contributed by atoms with Gasteiger partial charge in [-0.3, -0.25) is 0 Å². The molecule has 170 valence electrons. The molecule has 8 nitrogen and oxygen atoms in total. The number of benzene rings is 2. The lowest BCUT2D eigenvalue weighted by Crippen LogP contribution is -2.48. The van der Waals surface area contributed by atoms with E-state index in [0.29, 0.717) is 10.8 Å². The third kappa shape index (κ3) is 4.27. The van der Waals surface area contributed by atoms with Gasteiger partial charge in [-0.15, -0.1) is 0 Å². The molecule has 0 unspecified atom stereocenters. The molecule has 2 aromatic carbocycles. The molecule has 1 aromatic heterocycles. The van der Waals surface area contributed by atoms with Crippen molar-refractivity contribution in [3.63, 3.8) is 0 Å². The number of ether oxygens (including phenoxy) is 1. The third-order valence-corrected chi connectivity index (χ3v) is 7.27. The maximum atomic E-state index is 14.7. The number of piperazine rings is 1. The molecule has 1 fully saturated rings. The Morgan fingerprint density at radius 1 is 1.03 bits per heavy atom. The number of alkyl halides is 2. The van der Waals surface area contributed by atoms with Crippen molar-refractivity contribution in [3.05, 3.63) is 64.9 Å². The first kappa shape index (κ1) is 22.4. The van der Waals surface area contributed by atoms with Crippen LogP contribution in [0, 0.1) is 0 Å². The smallest absolute Gasteiger partial charge is 0.335 e. The summed E-state index contributed by atoms with van der Waals surface area (Å²) >= 11 is 5.76. The number of hydrogen-bond donors (Lipinski definition) is 0. The number of sulfonamides is 1. The lowest BCUT2D eigenvalue weighted by Gasteiger charge is -2.32. The largest absolute Gasteiger partial charge is 0.497 e. The van der Waals surface area contributed by atoms with Gasteiger partial charge in [0.05, 0.1) is 12.0 Å². The zero-order valence-corrected chi connectivity index (χ0v) is 18.5. The molecule has 1 saturated heterocycles. The number of anilines is 1. The van der Waals surface area contributed by atoms with Gasteiger partial charge in [0.1, 0.15) is 5.75 Å². The van der Waals surface area contributed by atoms with Crippen molar-refractivity contribution in [2.24, 2.45) is 0 Å². The van der Waals surface area contributed by atoms with E-state index in [1.165, 1.54) is 47.8 Å². The van der Waals surface area contributed by atoms with E-state index >= 15 is 0 Å². The van der Waals surface area contributed by atoms with E-state index in [2.05, 4.69) is 10.1 Å². The predicted molar refractivity (Wildman–Crippen MR) is 113 cm³/mol. The van der Waals surface area contributed by atoms with Gasteiger partial charge in [0.25, 0.3) is 0 Å². The minimum Gasteiger partial charge on any atom is -0.497 e. The second-order valence-corrected chi connectivity index (χ2v) is 9.42. The number of rotatable bonds is 6. The first-order valence-corrected chi connectivity index (χ1v) is 11.4. The number of hydrogen-bond acceptors (Lipinski definition) is 7. The SMILES string of the molecule is COc1ccc(S(=O)(=O)N2CCN(c3nc(C(F)(F)c4ccc(Cl)cc4)no3)CC2)cc1. The van der Waals surface area contributed by atoms with Gasteiger partial charge in [0, 0.05) is 36.8 Å². The van der Waals surface area contributed by atoms with E-state index in [4.69, 9.17) is 20.9 Å². The topological polar surface area (TPSA) is 88.8 Å². The molecule has 4 rings (SSSR count). The summed E-state index contributed by atoms with van der Waals surface area (Å²) in [4.78, 5) is 5.58. The Kier molecular flexibility index (Phi) is 6.06. The zero-order valence-electron chi connectivity index (χ0n) is 16.9. The first-order valence-electron chi connectivity index (χ1n) is 9.59. The van der Waals surface area contributed by atoms with E-state index < -0.39 is 21.8 Å². The molecule has 1 aliphatic rings. The maximum Gasteiger partial charge on any atom is 0.335 e. The van der Waals surface area contributed by atoms with Crippen LogP contribution in [0.25, 0.3) is 0 Å². The molecule has 0 N–H and O–H groups in total.